The molecule has 250 valence electrons. The molecule has 0 aromatic heterocycles. The van der Waals surface area contributed by atoms with E-state index in [1.54, 1.807) is 12.1 Å². The highest BCUT2D eigenvalue weighted by molar-refractivity contribution is 8.00. The quantitative estimate of drug-likeness (QED) is 0.0360. The number of rotatable bonds is 24. The van der Waals surface area contributed by atoms with Crippen LogP contribution in [0.15, 0.2) is 29.4 Å². The van der Waals surface area contributed by atoms with E-state index in [0.29, 0.717) is 89.7 Å². The third kappa shape index (κ3) is 14.7. The number of carbonyl (C=O) groups is 3. The highest BCUT2D eigenvalue weighted by Crippen LogP contribution is 2.33. The van der Waals surface area contributed by atoms with Crippen LogP contribution in [-0.2, 0) is 30.3 Å². The molecule has 16 heteroatoms. The van der Waals surface area contributed by atoms with Crippen LogP contribution in [0.2, 0.25) is 0 Å². The molecule has 2 aliphatic heterocycles. The molecular formula is C29H47N9O6S. The third-order valence-electron chi connectivity index (χ3n) is 7.27. The number of azide groups is 1. The number of nitrogens with one attached hydrogen (secondary N) is 4. The van der Waals surface area contributed by atoms with Gasteiger partial charge in [-0.3, -0.25) is 14.5 Å². The molecule has 2 aliphatic rings. The fourth-order valence-corrected chi connectivity index (χ4v) is 6.58. The van der Waals surface area contributed by atoms with Gasteiger partial charge in [0.05, 0.1) is 58.3 Å². The van der Waals surface area contributed by atoms with Gasteiger partial charge in [-0.2, -0.15) is 11.8 Å². The smallest absolute Gasteiger partial charge is 0.315 e. The Morgan fingerprint density at radius 2 is 1.71 bits per heavy atom. The van der Waals surface area contributed by atoms with Gasteiger partial charge in [-0.1, -0.05) is 35.8 Å². The summed E-state index contributed by atoms with van der Waals surface area (Å²) in [5.74, 6) is 0.840. The fraction of sp³-hybridized carbons (Fsp3) is 0.690. The van der Waals surface area contributed by atoms with E-state index < -0.39 is 0 Å². The maximum Gasteiger partial charge on any atom is 0.315 e. The topological polar surface area (TPSA) is 205 Å². The lowest BCUT2D eigenvalue weighted by molar-refractivity contribution is -0.123. The van der Waals surface area contributed by atoms with Gasteiger partial charge in [-0.15, -0.1) is 0 Å². The molecule has 0 saturated carbocycles. The molecule has 3 unspecified atom stereocenters. The fourth-order valence-electron chi connectivity index (χ4n) is 5.04. The van der Waals surface area contributed by atoms with Gasteiger partial charge >= 0.3 is 6.03 Å². The second-order valence-corrected chi connectivity index (χ2v) is 12.0. The highest BCUT2D eigenvalue weighted by atomic mass is 32.2. The first kappa shape index (κ1) is 36.4. The van der Waals surface area contributed by atoms with Crippen molar-refractivity contribution in [2.75, 3.05) is 78.1 Å². The molecule has 45 heavy (non-hydrogen) atoms. The lowest BCUT2D eigenvalue weighted by atomic mass is 10.0. The zero-order valence-electron chi connectivity index (χ0n) is 25.8. The molecule has 15 nitrogen and oxygen atoms in total. The zero-order valence-corrected chi connectivity index (χ0v) is 26.6. The lowest BCUT2D eigenvalue weighted by Crippen LogP contribution is -2.39. The minimum atomic E-state index is -0.124. The van der Waals surface area contributed by atoms with Crippen LogP contribution in [0.25, 0.3) is 10.4 Å². The second-order valence-electron chi connectivity index (χ2n) is 10.8. The zero-order chi connectivity index (χ0) is 32.1. The van der Waals surface area contributed by atoms with Crippen LogP contribution in [0.1, 0.15) is 31.2 Å². The Hall–Kier alpha value is -3.11. The van der Waals surface area contributed by atoms with Crippen LogP contribution in [-0.4, -0.2) is 118 Å². The lowest BCUT2D eigenvalue weighted by Gasteiger charge is -2.22. The number of benzene rings is 1. The van der Waals surface area contributed by atoms with Crippen molar-refractivity contribution in [3.8, 4) is 0 Å². The van der Waals surface area contributed by atoms with Crippen LogP contribution < -0.4 is 27.0 Å². The average molecular weight is 650 g/mol. The molecule has 3 atom stereocenters. The number of urea groups is 1. The summed E-state index contributed by atoms with van der Waals surface area (Å²) in [7, 11) is 0. The summed E-state index contributed by atoms with van der Waals surface area (Å²) in [4.78, 5) is 40.8. The van der Waals surface area contributed by atoms with Gasteiger partial charge in [0.1, 0.15) is 0 Å². The Kier molecular flexibility index (Phi) is 17.4. The van der Waals surface area contributed by atoms with Gasteiger partial charge in [-0.05, 0) is 23.9 Å². The number of thioether (sulfide) groups is 1. The monoisotopic (exact) mass is 649 g/mol. The molecule has 3 rings (SSSR count). The first-order chi connectivity index (χ1) is 22.0. The van der Waals surface area contributed by atoms with E-state index in [4.69, 9.17) is 25.5 Å². The van der Waals surface area contributed by atoms with E-state index in [2.05, 4.69) is 31.3 Å². The number of hydrogen-bond acceptors (Lipinski definition) is 10. The van der Waals surface area contributed by atoms with Crippen molar-refractivity contribution < 1.29 is 28.6 Å². The van der Waals surface area contributed by atoms with Gasteiger partial charge in [0, 0.05) is 60.7 Å². The number of unbranched alkanes of at least 4 members (excludes halogenated alkanes) is 1. The summed E-state index contributed by atoms with van der Waals surface area (Å²) < 4.78 is 16.5. The molecule has 4 amide bonds. The van der Waals surface area contributed by atoms with Crippen molar-refractivity contribution >= 4 is 35.3 Å². The van der Waals surface area contributed by atoms with Gasteiger partial charge in [0.15, 0.2) is 0 Å². The highest BCUT2D eigenvalue weighted by Gasteiger charge is 2.42. The van der Waals surface area contributed by atoms with Crippen LogP contribution in [0.3, 0.4) is 0 Å². The molecular weight excluding hydrogens is 602 g/mol. The standard InChI is InChI=1S/C29H47N9O6S/c30-9-13-42-16-12-38(19-22-5-7-23(8-6-22)36-37-31)20-27(40)33-11-15-44-18-17-43-14-10-32-26(39)4-2-1-3-25-28-24(21-45-25)34-29(41)35-28/h5-8,24-25,28H,1-4,9-21,30H2,(H,32,39)(H,33,40)(H2,34,35,41). The van der Waals surface area contributed by atoms with Crippen LogP contribution in [0.4, 0.5) is 10.5 Å². The first-order valence-electron chi connectivity index (χ1n) is 15.5. The Morgan fingerprint density at radius 3 is 2.42 bits per heavy atom. The largest absolute Gasteiger partial charge is 0.379 e. The molecule has 6 N–H and O–H groups in total. The molecule has 1 aromatic carbocycles. The Labute approximate surface area is 268 Å². The summed E-state index contributed by atoms with van der Waals surface area (Å²) in [5.41, 5.74) is 15.6. The maximum absolute atomic E-state index is 12.5. The van der Waals surface area contributed by atoms with Gasteiger partial charge in [0.2, 0.25) is 11.8 Å². The van der Waals surface area contributed by atoms with E-state index in [9.17, 15) is 14.4 Å². The van der Waals surface area contributed by atoms with E-state index >= 15 is 0 Å². The SMILES string of the molecule is [N-]=[N+]=Nc1ccc(CN(CCOCCN)CC(=O)NCCOCCOCCNC(=O)CCCCC2SCC3NC(=O)NC32)cc1. The molecule has 2 heterocycles. The van der Waals surface area contributed by atoms with Gasteiger partial charge in [-0.25, -0.2) is 4.79 Å². The Balaban J connectivity index is 1.16. The summed E-state index contributed by atoms with van der Waals surface area (Å²) in [5, 5.41) is 15.7. The number of nitrogens with zero attached hydrogens (tertiary/aromatic N) is 4. The third-order valence-corrected chi connectivity index (χ3v) is 8.78. The number of fused-ring (bicyclic) bond motifs is 1. The first-order valence-corrected chi connectivity index (χ1v) is 16.5. The Morgan fingerprint density at radius 1 is 1.00 bits per heavy atom. The van der Waals surface area contributed by atoms with Crippen LogP contribution >= 0.6 is 11.8 Å². The minimum absolute atomic E-state index is 0.0169. The van der Waals surface area contributed by atoms with Crippen molar-refractivity contribution in [3.63, 3.8) is 0 Å². The molecule has 0 spiro atoms. The second kappa shape index (κ2) is 21.6. The number of hydrogen-bond donors (Lipinski definition) is 5. The minimum Gasteiger partial charge on any atom is -0.379 e. The van der Waals surface area contributed by atoms with E-state index in [1.807, 2.05) is 28.8 Å². The number of amides is 4. The maximum atomic E-state index is 12.5. The summed E-state index contributed by atoms with van der Waals surface area (Å²) >= 11 is 1.89. The van der Waals surface area contributed by atoms with Crippen molar-refractivity contribution in [3.05, 3.63) is 40.3 Å². The average Bonchev–Trinajstić information content (AvgIpc) is 3.58. The summed E-state index contributed by atoms with van der Waals surface area (Å²) in [6, 6.07) is 7.57. The molecule has 2 saturated heterocycles. The predicted molar refractivity (Wildman–Crippen MR) is 172 cm³/mol. The Bertz CT molecular complexity index is 1090. The molecule has 0 radical (unpaired) electrons. The van der Waals surface area contributed by atoms with Crippen molar-refractivity contribution in [2.45, 2.75) is 49.6 Å². The molecule has 2 fully saturated rings. The van der Waals surface area contributed by atoms with Crippen LogP contribution in [0.5, 0.6) is 0 Å². The van der Waals surface area contributed by atoms with E-state index in [1.165, 1.54) is 0 Å². The van der Waals surface area contributed by atoms with Crippen LogP contribution in [0, 0.1) is 0 Å². The van der Waals surface area contributed by atoms with Crippen molar-refractivity contribution in [2.24, 2.45) is 10.8 Å². The number of nitrogens with two attached hydrogens (primary N) is 1. The molecule has 0 aliphatic carbocycles. The van der Waals surface area contributed by atoms with E-state index in [0.717, 1.165) is 30.6 Å². The normalized spacial score (nSPS) is 18.6. The van der Waals surface area contributed by atoms with E-state index in [-0.39, 0.29) is 36.5 Å². The summed E-state index contributed by atoms with van der Waals surface area (Å²) in [6.45, 7) is 4.99. The van der Waals surface area contributed by atoms with Crippen molar-refractivity contribution in [1.29, 1.82) is 0 Å². The molecule has 0 bridgehead atoms. The number of ether oxygens (including phenoxy) is 3. The van der Waals surface area contributed by atoms with Gasteiger partial charge < -0.3 is 41.2 Å². The predicted octanol–water partition coefficient (Wildman–Crippen LogP) is 1.40. The van der Waals surface area contributed by atoms with Gasteiger partial charge in [0.25, 0.3) is 0 Å². The van der Waals surface area contributed by atoms with Crippen molar-refractivity contribution in [1.82, 2.24) is 26.2 Å². The number of carbonyl (C=O) groups excluding carboxylic acids is 3. The molecule has 1 aromatic rings. The summed E-state index contributed by atoms with van der Waals surface area (Å²) in [6.07, 6.45) is 3.25.